The molecule has 4 fully saturated rings. The normalized spacial score (nSPS) is 40.6. The number of likely N-dealkylation sites (N-methyl/N-ethyl adjacent to an activating group) is 1. The number of nitrogens with one attached hydrogen (secondary N) is 1. The van der Waals surface area contributed by atoms with E-state index in [0.717, 1.165) is 0 Å². The molecule has 56 heavy (non-hydrogen) atoms. The summed E-state index contributed by atoms with van der Waals surface area (Å²) in [6.45, 7) is 15.7. The Morgan fingerprint density at radius 3 is 2.36 bits per heavy atom. The number of nitrogens with zero attached hydrogens (tertiary/aromatic N) is 2. The van der Waals surface area contributed by atoms with Crippen LogP contribution in [0, 0.1) is 23.7 Å². The number of ether oxygens (including phenoxy) is 7. The number of para-hydroxylation sites is 1. The van der Waals surface area contributed by atoms with Crippen molar-refractivity contribution in [2.24, 2.45) is 28.8 Å². The van der Waals surface area contributed by atoms with Gasteiger partial charge in [0.1, 0.15) is 17.6 Å². The van der Waals surface area contributed by atoms with Crippen LogP contribution < -0.4 is 10.2 Å². The fourth-order valence-electron chi connectivity index (χ4n) is 9.00. The monoisotopic (exact) mass is 787 g/mol. The number of ketones is 1. The predicted octanol–water partition coefficient (Wildman–Crippen LogP) is 4.68. The zero-order valence-electron chi connectivity index (χ0n) is 34.6. The molecule has 0 spiro atoms. The molecule has 5 rings (SSSR count). The van der Waals surface area contributed by atoms with E-state index in [0.29, 0.717) is 24.3 Å². The third kappa shape index (κ3) is 9.39. The van der Waals surface area contributed by atoms with Crippen LogP contribution in [0.5, 0.6) is 5.75 Å². The Labute approximate surface area is 330 Å². The van der Waals surface area contributed by atoms with Crippen molar-refractivity contribution < 1.29 is 57.2 Å². The van der Waals surface area contributed by atoms with Crippen LogP contribution >= 0.6 is 0 Å². The molecule has 0 aromatic heterocycles. The first-order valence-corrected chi connectivity index (χ1v) is 19.8. The first-order valence-electron chi connectivity index (χ1n) is 19.8. The van der Waals surface area contributed by atoms with Crippen molar-refractivity contribution in [3.8, 4) is 5.75 Å². The lowest BCUT2D eigenvalue weighted by atomic mass is 9.73. The molecule has 1 aromatic carbocycles. The van der Waals surface area contributed by atoms with Crippen LogP contribution in [0.25, 0.3) is 0 Å². The van der Waals surface area contributed by atoms with Gasteiger partial charge in [-0.05, 0) is 73.2 Å². The predicted molar refractivity (Wildman–Crippen MR) is 204 cm³/mol. The van der Waals surface area contributed by atoms with Crippen LogP contribution in [-0.2, 0) is 47.5 Å². The average molecular weight is 788 g/mol. The van der Waals surface area contributed by atoms with Crippen LogP contribution in [0.2, 0.25) is 0 Å². The number of carbonyl (C=O) groups is 4. The number of alkyl carbamates (subject to hydrolysis) is 1. The molecule has 0 radical (unpaired) electrons. The van der Waals surface area contributed by atoms with Crippen molar-refractivity contribution in [2.45, 2.75) is 142 Å². The Hall–Kier alpha value is -3.63. The van der Waals surface area contributed by atoms with E-state index in [9.17, 15) is 19.2 Å². The number of Topliss-reactive ketones (excluding diaryl/α,β-unsaturated/α-hetero) is 1. The maximum atomic E-state index is 14.5. The van der Waals surface area contributed by atoms with E-state index in [1.165, 1.54) is 6.92 Å². The van der Waals surface area contributed by atoms with Gasteiger partial charge in [-0.15, -0.1) is 0 Å². The summed E-state index contributed by atoms with van der Waals surface area (Å²) in [5.74, 6) is -3.61. The van der Waals surface area contributed by atoms with Gasteiger partial charge >= 0.3 is 18.0 Å². The lowest BCUT2D eigenvalue weighted by molar-refractivity contribution is -0.304. The average Bonchev–Trinajstić information content (AvgIpc) is 3.48. The van der Waals surface area contributed by atoms with E-state index >= 15 is 0 Å². The van der Waals surface area contributed by atoms with Gasteiger partial charge in [-0.3, -0.25) is 14.4 Å². The van der Waals surface area contributed by atoms with Crippen LogP contribution in [-0.4, -0.2) is 122 Å². The molecule has 0 unspecified atom stereocenters. The summed E-state index contributed by atoms with van der Waals surface area (Å²) in [5, 5.41) is 7.26. The van der Waals surface area contributed by atoms with Crippen molar-refractivity contribution in [3.05, 3.63) is 30.3 Å². The Kier molecular flexibility index (Phi) is 13.9. The molecule has 4 saturated heterocycles. The minimum Gasteiger partial charge on any atom is -0.458 e. The molecule has 312 valence electrons. The van der Waals surface area contributed by atoms with E-state index in [4.69, 9.17) is 38.0 Å². The highest BCUT2D eigenvalue weighted by atomic mass is 16.7. The highest BCUT2D eigenvalue weighted by molar-refractivity contribution is 5.87. The standard InChI is InChI=1S/C41H61N3O12/c1-12-31-41(9)35(42-39(48)55-41)24(4)32(46)22(2)19-40(8)36(54-38-34(52-27(7)45)30(44(10)11)18-23(3)51-38)25(5)33(26(6)37(47)53-31)49-20-28(21-50-40)43-56-29-16-14-13-15-17-29/h13-17,22-26,30-31,33-36,38H,12,18-21H2,1-11H3,(H,42,48)/b43-28-/t22-,23-,24+,25+,26-,30+,31-,33+,34-,35-,36-,38+,40-,41-/m1/s1. The van der Waals surface area contributed by atoms with Gasteiger partial charge in [-0.2, -0.15) is 0 Å². The molecule has 1 amide bonds. The molecule has 4 aliphatic rings. The van der Waals surface area contributed by atoms with E-state index < -0.39 is 89.7 Å². The van der Waals surface area contributed by atoms with Crippen molar-refractivity contribution in [1.82, 2.24) is 10.2 Å². The molecule has 2 bridgehead atoms. The van der Waals surface area contributed by atoms with Crippen molar-refractivity contribution in [2.75, 3.05) is 27.3 Å². The van der Waals surface area contributed by atoms with Gasteiger partial charge in [-0.1, -0.05) is 51.0 Å². The number of hydrogen-bond donors (Lipinski definition) is 1. The van der Waals surface area contributed by atoms with Gasteiger partial charge in [-0.25, -0.2) is 4.79 Å². The SMILES string of the molecule is CC[C@H]1OC(=O)[C@H](C)[C@H]2OC/C(=N/Oc3ccccc3)CO[C@](C)(C[C@@H](C)C(=O)[C@H](C)[C@H]3NC(=O)O[C@@]31C)[C@H](O[C@@H]1O[C@H](C)C[C@H](N(C)C)[C@H]1OC(C)=O)[C@H]2C. The molecule has 15 nitrogen and oxygen atoms in total. The minimum atomic E-state index is -1.33. The summed E-state index contributed by atoms with van der Waals surface area (Å²) >= 11 is 0. The number of carbonyl (C=O) groups excluding carboxylic acids is 4. The number of amides is 1. The lowest BCUT2D eigenvalue weighted by Gasteiger charge is -2.49. The second-order valence-corrected chi connectivity index (χ2v) is 16.6. The smallest absolute Gasteiger partial charge is 0.408 e. The lowest BCUT2D eigenvalue weighted by Crippen LogP contribution is -2.61. The van der Waals surface area contributed by atoms with Gasteiger partial charge < -0.3 is 48.2 Å². The fraction of sp³-hybridized carbons (Fsp3) is 0.732. The van der Waals surface area contributed by atoms with E-state index in [2.05, 4.69) is 10.5 Å². The quantitative estimate of drug-likeness (QED) is 0.230. The topological polar surface area (TPSA) is 170 Å². The Balaban J connectivity index is 1.65. The number of benzene rings is 1. The molecule has 0 saturated carbocycles. The number of oxime groups is 1. The van der Waals surface area contributed by atoms with Crippen molar-refractivity contribution in [3.63, 3.8) is 0 Å². The fourth-order valence-corrected chi connectivity index (χ4v) is 9.00. The second-order valence-electron chi connectivity index (χ2n) is 16.6. The zero-order chi connectivity index (χ0) is 41.1. The number of hydrogen-bond acceptors (Lipinski definition) is 14. The molecule has 4 aliphatic heterocycles. The summed E-state index contributed by atoms with van der Waals surface area (Å²) in [6, 6.07) is 8.02. The van der Waals surface area contributed by atoms with E-state index in [1.54, 1.807) is 32.9 Å². The summed E-state index contributed by atoms with van der Waals surface area (Å²) in [7, 11) is 3.82. The molecular formula is C41H61N3O12. The third-order valence-corrected chi connectivity index (χ3v) is 11.9. The maximum absolute atomic E-state index is 14.5. The largest absolute Gasteiger partial charge is 0.458 e. The molecule has 14 atom stereocenters. The number of cyclic esters (lactones) is 1. The summed E-state index contributed by atoms with van der Waals surface area (Å²) in [4.78, 5) is 62.0. The number of esters is 2. The van der Waals surface area contributed by atoms with Crippen molar-refractivity contribution >= 4 is 29.5 Å². The highest BCUT2D eigenvalue weighted by Gasteiger charge is 2.58. The molecule has 1 aromatic rings. The first kappa shape index (κ1) is 43.5. The summed E-state index contributed by atoms with van der Waals surface area (Å²) in [5.41, 5.74) is -2.21. The highest BCUT2D eigenvalue weighted by Crippen LogP contribution is 2.42. The Morgan fingerprint density at radius 2 is 1.71 bits per heavy atom. The number of fused-ring (bicyclic) bond motifs is 4. The van der Waals surface area contributed by atoms with Gasteiger partial charge in [0.25, 0.3) is 0 Å². The van der Waals surface area contributed by atoms with Crippen molar-refractivity contribution in [1.29, 1.82) is 0 Å². The Morgan fingerprint density at radius 1 is 1.02 bits per heavy atom. The van der Waals surface area contributed by atoms with Gasteiger partial charge in [0.15, 0.2) is 23.7 Å². The number of rotatable bonds is 7. The van der Waals surface area contributed by atoms with Crippen LogP contribution in [0.1, 0.15) is 81.6 Å². The Bertz CT molecular complexity index is 1590. The minimum absolute atomic E-state index is 0.0674. The zero-order valence-corrected chi connectivity index (χ0v) is 34.6. The first-order chi connectivity index (χ1) is 26.4. The van der Waals surface area contributed by atoms with Crippen LogP contribution in [0.15, 0.2) is 35.5 Å². The van der Waals surface area contributed by atoms with Gasteiger partial charge in [0.2, 0.25) is 0 Å². The van der Waals surface area contributed by atoms with E-state index in [-0.39, 0.29) is 37.6 Å². The summed E-state index contributed by atoms with van der Waals surface area (Å²) in [6.07, 6.45) is -4.46. The van der Waals surface area contributed by atoms with Gasteiger partial charge in [0, 0.05) is 24.7 Å². The third-order valence-electron chi connectivity index (χ3n) is 11.9. The van der Waals surface area contributed by atoms with Gasteiger partial charge in [0.05, 0.1) is 55.1 Å². The molecular weight excluding hydrogens is 726 g/mol. The molecule has 4 heterocycles. The second kappa shape index (κ2) is 17.9. The van der Waals surface area contributed by atoms with Crippen LogP contribution in [0.4, 0.5) is 4.79 Å². The van der Waals surface area contributed by atoms with Crippen LogP contribution in [0.3, 0.4) is 0 Å². The summed E-state index contributed by atoms with van der Waals surface area (Å²) < 4.78 is 45.0. The van der Waals surface area contributed by atoms with E-state index in [1.807, 2.05) is 71.8 Å². The molecule has 1 N–H and O–H groups in total. The maximum Gasteiger partial charge on any atom is 0.408 e. The molecule has 0 aliphatic carbocycles. The molecule has 15 heteroatoms.